The fourth-order valence-corrected chi connectivity index (χ4v) is 2.34. The fourth-order valence-electron chi connectivity index (χ4n) is 2.34. The lowest BCUT2D eigenvalue weighted by Gasteiger charge is -2.36. The van der Waals surface area contributed by atoms with E-state index >= 15 is 0 Å². The minimum Gasteiger partial charge on any atom is -0.369 e. The first-order chi connectivity index (χ1) is 9.05. The molecule has 0 atom stereocenters. The number of nitrogens with zero attached hydrogens (tertiary/aromatic N) is 1. The molecule has 2 N–H and O–H groups in total. The molecular formula is C16H25N2O+. The standard InChI is InChI=1S/C16H24N2O/c1-4-14-7-9-15(10-8-14)13-18(5-2,6-3)12-11-16(17)19/h4,7-10H,1,5-6,11-13H2,2-3H3,(H-,17,19)/p+1. The number of hydrogen-bond donors (Lipinski definition) is 1. The van der Waals surface area contributed by atoms with Gasteiger partial charge in [-0.25, -0.2) is 0 Å². The van der Waals surface area contributed by atoms with E-state index < -0.39 is 0 Å². The second-order valence-corrected chi connectivity index (χ2v) is 5.02. The topological polar surface area (TPSA) is 43.1 Å². The molecule has 0 aliphatic heterocycles. The summed E-state index contributed by atoms with van der Waals surface area (Å²) in [5.74, 6) is -0.216. The molecule has 3 heteroatoms. The molecule has 0 fully saturated rings. The van der Waals surface area contributed by atoms with Crippen molar-refractivity contribution in [2.45, 2.75) is 26.8 Å². The zero-order valence-corrected chi connectivity index (χ0v) is 12.1. The van der Waals surface area contributed by atoms with Crippen LogP contribution in [0.1, 0.15) is 31.4 Å². The van der Waals surface area contributed by atoms with Gasteiger partial charge in [-0.2, -0.15) is 0 Å². The minimum absolute atomic E-state index is 0.216. The smallest absolute Gasteiger partial charge is 0.223 e. The number of amides is 1. The van der Waals surface area contributed by atoms with E-state index in [0.29, 0.717) is 6.42 Å². The maximum absolute atomic E-state index is 11.0. The first kappa shape index (κ1) is 15.4. The van der Waals surface area contributed by atoms with E-state index in [1.807, 2.05) is 6.08 Å². The summed E-state index contributed by atoms with van der Waals surface area (Å²) in [4.78, 5) is 11.0. The molecule has 19 heavy (non-hydrogen) atoms. The van der Waals surface area contributed by atoms with E-state index in [1.165, 1.54) is 5.56 Å². The summed E-state index contributed by atoms with van der Waals surface area (Å²) in [6.45, 7) is 11.9. The van der Waals surface area contributed by atoms with E-state index in [9.17, 15) is 4.79 Å². The average Bonchev–Trinajstić information content (AvgIpc) is 2.44. The number of benzene rings is 1. The van der Waals surface area contributed by atoms with Gasteiger partial charge in [-0.3, -0.25) is 4.79 Å². The zero-order valence-electron chi connectivity index (χ0n) is 12.1. The highest BCUT2D eigenvalue weighted by molar-refractivity contribution is 5.73. The van der Waals surface area contributed by atoms with Crippen LogP contribution in [-0.2, 0) is 11.3 Å². The van der Waals surface area contributed by atoms with Gasteiger partial charge in [0.15, 0.2) is 0 Å². The Bertz CT molecular complexity index is 419. The molecule has 0 aromatic heterocycles. The number of primary amides is 1. The third-order valence-corrected chi connectivity index (χ3v) is 3.91. The van der Waals surface area contributed by atoms with Gasteiger partial charge in [0.05, 0.1) is 26.1 Å². The molecule has 1 aromatic carbocycles. The fraction of sp³-hybridized carbons (Fsp3) is 0.438. The van der Waals surface area contributed by atoms with Crippen LogP contribution in [0.3, 0.4) is 0 Å². The van der Waals surface area contributed by atoms with Crippen LogP contribution in [0.4, 0.5) is 0 Å². The predicted octanol–water partition coefficient (Wildman–Crippen LogP) is 2.56. The van der Waals surface area contributed by atoms with Crippen LogP contribution in [0.15, 0.2) is 30.8 Å². The Kier molecular flexibility index (Phi) is 5.77. The molecule has 0 saturated heterocycles. The van der Waals surface area contributed by atoms with Crippen molar-refractivity contribution < 1.29 is 9.28 Å². The summed E-state index contributed by atoms with van der Waals surface area (Å²) in [5, 5.41) is 0. The molecule has 0 bridgehead atoms. The van der Waals surface area contributed by atoms with Gasteiger partial charge in [0.25, 0.3) is 0 Å². The van der Waals surface area contributed by atoms with Gasteiger partial charge in [-0.1, -0.05) is 36.9 Å². The molecule has 1 amide bonds. The molecule has 0 aliphatic rings. The van der Waals surface area contributed by atoms with Crippen LogP contribution in [-0.4, -0.2) is 30.0 Å². The number of nitrogens with two attached hydrogens (primary N) is 1. The first-order valence-corrected chi connectivity index (χ1v) is 6.90. The van der Waals surface area contributed by atoms with E-state index in [0.717, 1.165) is 36.2 Å². The molecule has 0 heterocycles. The van der Waals surface area contributed by atoms with Crippen molar-refractivity contribution >= 4 is 12.0 Å². The molecule has 0 spiro atoms. The largest absolute Gasteiger partial charge is 0.369 e. The van der Waals surface area contributed by atoms with Gasteiger partial charge in [0.2, 0.25) is 5.91 Å². The van der Waals surface area contributed by atoms with Gasteiger partial charge in [-0.15, -0.1) is 0 Å². The minimum atomic E-state index is -0.216. The van der Waals surface area contributed by atoms with Crippen molar-refractivity contribution in [2.24, 2.45) is 5.73 Å². The molecule has 1 aromatic rings. The third-order valence-electron chi connectivity index (χ3n) is 3.91. The Hall–Kier alpha value is -1.61. The van der Waals surface area contributed by atoms with Crippen LogP contribution in [0, 0.1) is 0 Å². The Morgan fingerprint density at radius 1 is 1.26 bits per heavy atom. The van der Waals surface area contributed by atoms with Crippen molar-refractivity contribution in [3.8, 4) is 0 Å². The lowest BCUT2D eigenvalue weighted by molar-refractivity contribution is -0.937. The zero-order chi connectivity index (χ0) is 14.3. The van der Waals surface area contributed by atoms with E-state index in [-0.39, 0.29) is 5.91 Å². The SMILES string of the molecule is C=Cc1ccc(C[N+](CC)(CC)CCC(N)=O)cc1. The van der Waals surface area contributed by atoms with Gasteiger partial charge in [0.1, 0.15) is 6.54 Å². The summed E-state index contributed by atoms with van der Waals surface area (Å²) in [7, 11) is 0. The van der Waals surface area contributed by atoms with E-state index in [1.54, 1.807) is 0 Å². The summed E-state index contributed by atoms with van der Waals surface area (Å²) >= 11 is 0. The first-order valence-electron chi connectivity index (χ1n) is 6.90. The maximum atomic E-state index is 11.0. The summed E-state index contributed by atoms with van der Waals surface area (Å²) in [6.07, 6.45) is 2.30. The van der Waals surface area contributed by atoms with Gasteiger partial charge >= 0.3 is 0 Å². The van der Waals surface area contributed by atoms with Crippen LogP contribution >= 0.6 is 0 Å². The van der Waals surface area contributed by atoms with E-state index in [2.05, 4.69) is 44.7 Å². The molecule has 0 saturated carbocycles. The van der Waals surface area contributed by atoms with Crippen LogP contribution in [0.25, 0.3) is 6.08 Å². The third kappa shape index (κ3) is 4.52. The van der Waals surface area contributed by atoms with Gasteiger partial charge < -0.3 is 10.2 Å². The average molecular weight is 261 g/mol. The Labute approximate surface area is 116 Å². The monoisotopic (exact) mass is 261 g/mol. The quantitative estimate of drug-likeness (QED) is 0.718. The van der Waals surface area contributed by atoms with Crippen LogP contribution < -0.4 is 5.73 Å². The van der Waals surface area contributed by atoms with Crippen LogP contribution in [0.2, 0.25) is 0 Å². The number of rotatable bonds is 8. The summed E-state index contributed by atoms with van der Waals surface area (Å²) in [6, 6.07) is 8.44. The normalized spacial score (nSPS) is 11.3. The molecular weight excluding hydrogens is 236 g/mol. The highest BCUT2D eigenvalue weighted by atomic mass is 16.1. The Morgan fingerprint density at radius 3 is 2.26 bits per heavy atom. The lowest BCUT2D eigenvalue weighted by atomic mass is 10.1. The Morgan fingerprint density at radius 2 is 1.84 bits per heavy atom. The van der Waals surface area contributed by atoms with Crippen molar-refractivity contribution in [3.63, 3.8) is 0 Å². The second-order valence-electron chi connectivity index (χ2n) is 5.02. The summed E-state index contributed by atoms with van der Waals surface area (Å²) < 4.78 is 0.899. The molecule has 0 unspecified atom stereocenters. The summed E-state index contributed by atoms with van der Waals surface area (Å²) in [5.41, 5.74) is 7.70. The number of carbonyl (C=O) groups excluding carboxylic acids is 1. The lowest BCUT2D eigenvalue weighted by Crippen LogP contribution is -2.48. The highest BCUT2D eigenvalue weighted by Crippen LogP contribution is 2.16. The van der Waals surface area contributed by atoms with Gasteiger partial charge in [-0.05, 0) is 19.4 Å². The van der Waals surface area contributed by atoms with Crippen molar-refractivity contribution in [1.82, 2.24) is 0 Å². The van der Waals surface area contributed by atoms with Gasteiger partial charge in [0, 0.05) is 5.56 Å². The molecule has 3 nitrogen and oxygen atoms in total. The van der Waals surface area contributed by atoms with Crippen molar-refractivity contribution in [3.05, 3.63) is 42.0 Å². The molecule has 0 radical (unpaired) electrons. The van der Waals surface area contributed by atoms with E-state index in [4.69, 9.17) is 5.73 Å². The predicted molar refractivity (Wildman–Crippen MR) is 80.3 cm³/mol. The maximum Gasteiger partial charge on any atom is 0.223 e. The molecule has 0 aliphatic carbocycles. The molecule has 104 valence electrons. The Balaban J connectivity index is 2.80. The number of carbonyl (C=O) groups is 1. The second kappa shape index (κ2) is 7.10. The van der Waals surface area contributed by atoms with Crippen molar-refractivity contribution in [2.75, 3.05) is 19.6 Å². The highest BCUT2D eigenvalue weighted by Gasteiger charge is 2.24. The number of hydrogen-bond acceptors (Lipinski definition) is 1. The van der Waals surface area contributed by atoms with Crippen molar-refractivity contribution in [1.29, 1.82) is 0 Å². The van der Waals surface area contributed by atoms with Crippen LogP contribution in [0.5, 0.6) is 0 Å². The molecule has 1 rings (SSSR count). The number of quaternary nitrogens is 1.